The molecule has 0 fully saturated rings. The Hall–Kier alpha value is -3.27. The SMILES string of the molecule is COc1ccc([C@@H](Cc2ccccc2)N(C)C(=O)Nc2ccccc2)cc1. The van der Waals surface area contributed by atoms with E-state index in [0.29, 0.717) is 0 Å². The quantitative estimate of drug-likeness (QED) is 0.661. The summed E-state index contributed by atoms with van der Waals surface area (Å²) in [6.07, 6.45) is 0.728. The van der Waals surface area contributed by atoms with Crippen molar-refractivity contribution in [3.63, 3.8) is 0 Å². The number of hydrogen-bond donors (Lipinski definition) is 1. The Balaban J connectivity index is 1.84. The van der Waals surface area contributed by atoms with Crippen molar-refractivity contribution in [3.05, 3.63) is 96.1 Å². The van der Waals surface area contributed by atoms with Crippen LogP contribution in [-0.4, -0.2) is 25.1 Å². The van der Waals surface area contributed by atoms with Gasteiger partial charge in [0.1, 0.15) is 5.75 Å². The lowest BCUT2D eigenvalue weighted by molar-refractivity contribution is 0.204. The number of nitrogens with zero attached hydrogens (tertiary/aromatic N) is 1. The maximum absolute atomic E-state index is 12.8. The van der Waals surface area contributed by atoms with E-state index in [-0.39, 0.29) is 12.1 Å². The average Bonchev–Trinajstić information content (AvgIpc) is 2.73. The molecule has 4 heteroatoms. The van der Waals surface area contributed by atoms with Crippen LogP contribution in [-0.2, 0) is 6.42 Å². The highest BCUT2D eigenvalue weighted by Crippen LogP contribution is 2.26. The van der Waals surface area contributed by atoms with Crippen LogP contribution in [0.2, 0.25) is 0 Å². The van der Waals surface area contributed by atoms with E-state index in [1.807, 2.05) is 79.8 Å². The fraction of sp³-hybridized carbons (Fsp3) is 0.174. The second-order valence-electron chi connectivity index (χ2n) is 6.39. The summed E-state index contributed by atoms with van der Waals surface area (Å²) in [6.45, 7) is 0. The minimum absolute atomic E-state index is 0.0954. The minimum atomic E-state index is -0.141. The third-order valence-corrected chi connectivity index (χ3v) is 4.59. The maximum Gasteiger partial charge on any atom is 0.322 e. The van der Waals surface area contributed by atoms with Gasteiger partial charge in [-0.2, -0.15) is 0 Å². The van der Waals surface area contributed by atoms with Gasteiger partial charge < -0.3 is 15.0 Å². The second kappa shape index (κ2) is 8.90. The van der Waals surface area contributed by atoms with Gasteiger partial charge in [0.2, 0.25) is 0 Å². The van der Waals surface area contributed by atoms with E-state index in [9.17, 15) is 4.79 Å². The van der Waals surface area contributed by atoms with Crippen molar-refractivity contribution in [1.29, 1.82) is 0 Å². The van der Waals surface area contributed by atoms with E-state index < -0.39 is 0 Å². The van der Waals surface area contributed by atoms with Gasteiger partial charge in [-0.05, 0) is 41.8 Å². The molecule has 3 aromatic carbocycles. The van der Waals surface area contributed by atoms with E-state index in [1.54, 1.807) is 12.0 Å². The third kappa shape index (κ3) is 4.88. The van der Waals surface area contributed by atoms with Crippen molar-refractivity contribution in [3.8, 4) is 5.75 Å². The van der Waals surface area contributed by atoms with Crippen LogP contribution in [0, 0.1) is 0 Å². The zero-order chi connectivity index (χ0) is 19.1. The van der Waals surface area contributed by atoms with E-state index in [1.165, 1.54) is 5.56 Å². The molecule has 0 aliphatic rings. The Morgan fingerprint density at radius 1 is 0.926 bits per heavy atom. The molecule has 3 rings (SSSR count). The lowest BCUT2D eigenvalue weighted by atomic mass is 9.97. The number of benzene rings is 3. The van der Waals surface area contributed by atoms with Gasteiger partial charge in [0.25, 0.3) is 0 Å². The highest BCUT2D eigenvalue weighted by Gasteiger charge is 2.22. The number of ether oxygens (including phenoxy) is 1. The monoisotopic (exact) mass is 360 g/mol. The highest BCUT2D eigenvalue weighted by atomic mass is 16.5. The fourth-order valence-corrected chi connectivity index (χ4v) is 3.02. The van der Waals surface area contributed by atoms with Crippen LogP contribution in [0.4, 0.5) is 10.5 Å². The standard InChI is InChI=1S/C23H24N2O2/c1-25(23(26)24-20-11-7-4-8-12-20)22(17-18-9-5-3-6-10-18)19-13-15-21(27-2)16-14-19/h3-16,22H,17H2,1-2H3,(H,24,26)/t22-/m1/s1. The van der Waals surface area contributed by atoms with Gasteiger partial charge in [0.05, 0.1) is 13.2 Å². The number of hydrogen-bond acceptors (Lipinski definition) is 2. The second-order valence-corrected chi connectivity index (χ2v) is 6.39. The number of carbonyl (C=O) groups excluding carboxylic acids is 1. The first-order valence-electron chi connectivity index (χ1n) is 8.94. The third-order valence-electron chi connectivity index (χ3n) is 4.59. The first-order chi connectivity index (χ1) is 13.2. The van der Waals surface area contributed by atoms with Gasteiger partial charge in [-0.15, -0.1) is 0 Å². The van der Waals surface area contributed by atoms with Gasteiger partial charge in [-0.1, -0.05) is 60.7 Å². The number of urea groups is 1. The Bertz CT molecular complexity index is 849. The molecule has 0 saturated carbocycles. The summed E-state index contributed by atoms with van der Waals surface area (Å²) in [5, 5.41) is 2.96. The van der Waals surface area contributed by atoms with Crippen molar-refractivity contribution in [2.75, 3.05) is 19.5 Å². The first-order valence-corrected chi connectivity index (χ1v) is 8.94. The van der Waals surface area contributed by atoms with Crippen LogP contribution >= 0.6 is 0 Å². The number of nitrogens with one attached hydrogen (secondary N) is 1. The molecule has 1 N–H and O–H groups in total. The van der Waals surface area contributed by atoms with Crippen molar-refractivity contribution in [2.45, 2.75) is 12.5 Å². The molecule has 0 aliphatic heterocycles. The van der Waals surface area contributed by atoms with E-state index in [0.717, 1.165) is 23.4 Å². The van der Waals surface area contributed by atoms with E-state index >= 15 is 0 Å². The van der Waals surface area contributed by atoms with Gasteiger partial charge >= 0.3 is 6.03 Å². The molecule has 27 heavy (non-hydrogen) atoms. The van der Waals surface area contributed by atoms with Crippen LogP contribution in [0.3, 0.4) is 0 Å². The van der Waals surface area contributed by atoms with Crippen LogP contribution < -0.4 is 10.1 Å². The van der Waals surface area contributed by atoms with Crippen LogP contribution in [0.15, 0.2) is 84.9 Å². The normalized spacial score (nSPS) is 11.5. The predicted molar refractivity (Wildman–Crippen MR) is 109 cm³/mol. The number of anilines is 1. The molecular formula is C23H24N2O2. The molecule has 0 heterocycles. The predicted octanol–water partition coefficient (Wildman–Crippen LogP) is 5.14. The fourth-order valence-electron chi connectivity index (χ4n) is 3.02. The zero-order valence-corrected chi connectivity index (χ0v) is 15.6. The molecular weight excluding hydrogens is 336 g/mol. The Kier molecular flexibility index (Phi) is 6.10. The molecule has 0 spiro atoms. The number of methoxy groups -OCH3 is 1. The molecule has 0 bridgehead atoms. The Morgan fingerprint density at radius 2 is 1.52 bits per heavy atom. The number of amides is 2. The lowest BCUT2D eigenvalue weighted by Crippen LogP contribution is -2.36. The number of para-hydroxylation sites is 1. The topological polar surface area (TPSA) is 41.6 Å². The molecule has 0 aliphatic carbocycles. The first kappa shape index (κ1) is 18.5. The van der Waals surface area contributed by atoms with Gasteiger partial charge in [0.15, 0.2) is 0 Å². The number of carbonyl (C=O) groups is 1. The molecule has 2 amide bonds. The van der Waals surface area contributed by atoms with Gasteiger partial charge in [-0.3, -0.25) is 0 Å². The van der Waals surface area contributed by atoms with Crippen molar-refractivity contribution in [2.24, 2.45) is 0 Å². The molecule has 0 unspecified atom stereocenters. The average molecular weight is 360 g/mol. The largest absolute Gasteiger partial charge is 0.497 e. The van der Waals surface area contributed by atoms with Crippen molar-refractivity contribution >= 4 is 11.7 Å². The molecule has 0 radical (unpaired) electrons. The zero-order valence-electron chi connectivity index (χ0n) is 15.6. The highest BCUT2D eigenvalue weighted by molar-refractivity contribution is 5.89. The molecule has 0 aromatic heterocycles. The summed E-state index contributed by atoms with van der Waals surface area (Å²) in [5.74, 6) is 0.800. The number of likely N-dealkylation sites (N-methyl/N-ethyl adjacent to an activating group) is 1. The van der Waals surface area contributed by atoms with Gasteiger partial charge in [-0.25, -0.2) is 4.79 Å². The smallest absolute Gasteiger partial charge is 0.322 e. The Morgan fingerprint density at radius 3 is 2.11 bits per heavy atom. The summed E-state index contributed by atoms with van der Waals surface area (Å²) in [4.78, 5) is 14.6. The minimum Gasteiger partial charge on any atom is -0.497 e. The van der Waals surface area contributed by atoms with Crippen LogP contribution in [0.25, 0.3) is 0 Å². The van der Waals surface area contributed by atoms with Gasteiger partial charge in [0, 0.05) is 12.7 Å². The Labute approximate surface area is 160 Å². The molecule has 1 atom stereocenters. The molecule has 0 saturated heterocycles. The summed E-state index contributed by atoms with van der Waals surface area (Å²) in [7, 11) is 3.48. The summed E-state index contributed by atoms with van der Waals surface area (Å²) in [5.41, 5.74) is 3.02. The number of rotatable bonds is 6. The van der Waals surface area contributed by atoms with E-state index in [2.05, 4.69) is 17.4 Å². The van der Waals surface area contributed by atoms with E-state index in [4.69, 9.17) is 4.74 Å². The van der Waals surface area contributed by atoms with Crippen LogP contribution in [0.5, 0.6) is 5.75 Å². The summed E-state index contributed by atoms with van der Waals surface area (Å²) < 4.78 is 5.26. The molecule has 3 aromatic rings. The molecule has 4 nitrogen and oxygen atoms in total. The van der Waals surface area contributed by atoms with Crippen molar-refractivity contribution < 1.29 is 9.53 Å². The van der Waals surface area contributed by atoms with Crippen LogP contribution in [0.1, 0.15) is 17.2 Å². The van der Waals surface area contributed by atoms with Crippen molar-refractivity contribution in [1.82, 2.24) is 4.90 Å². The summed E-state index contributed by atoms with van der Waals surface area (Å²) >= 11 is 0. The molecule has 138 valence electrons. The lowest BCUT2D eigenvalue weighted by Gasteiger charge is -2.29. The summed E-state index contributed by atoms with van der Waals surface area (Å²) in [6, 6.07) is 27.3. The maximum atomic E-state index is 12.8.